The molecule has 2 heterocycles. The molecule has 24 heavy (non-hydrogen) atoms. The maximum Gasteiger partial charge on any atom is 0.272 e. The normalized spacial score (nSPS) is 13.3. The van der Waals surface area contributed by atoms with Crippen LogP contribution in [0, 0.1) is 0 Å². The molecule has 5 heteroatoms. The van der Waals surface area contributed by atoms with Gasteiger partial charge in [0.25, 0.3) is 5.56 Å². The van der Waals surface area contributed by atoms with Crippen molar-refractivity contribution in [1.29, 1.82) is 0 Å². The maximum absolute atomic E-state index is 12.0. The quantitative estimate of drug-likeness (QED) is 0.775. The van der Waals surface area contributed by atoms with Crippen molar-refractivity contribution in [2.45, 2.75) is 45.7 Å². The summed E-state index contributed by atoms with van der Waals surface area (Å²) in [7, 11) is 0. The fourth-order valence-electron chi connectivity index (χ4n) is 2.72. The molecule has 0 aliphatic rings. The van der Waals surface area contributed by atoms with E-state index in [4.69, 9.17) is 0 Å². The monoisotopic (exact) mass is 324 g/mol. The van der Waals surface area contributed by atoms with Crippen LogP contribution in [0.15, 0.2) is 47.4 Å². The standard InChI is InChI=1S/C19H24N4O/c1-13(14-5-7-15(8-6-14)19(2,3)4)20-12-16-11-18(24)23-17(22-16)9-10-21-23/h5-11,13,20-21H,12H2,1-4H3. The molecule has 0 fully saturated rings. The van der Waals surface area contributed by atoms with Crippen LogP contribution in [0.25, 0.3) is 5.65 Å². The summed E-state index contributed by atoms with van der Waals surface area (Å²) < 4.78 is 1.43. The van der Waals surface area contributed by atoms with Gasteiger partial charge in [-0.25, -0.2) is 9.50 Å². The number of nitrogens with zero attached hydrogens (tertiary/aromatic N) is 2. The minimum Gasteiger partial charge on any atom is -0.305 e. The smallest absolute Gasteiger partial charge is 0.272 e. The summed E-state index contributed by atoms with van der Waals surface area (Å²) in [5, 5.41) is 6.28. The van der Waals surface area contributed by atoms with Gasteiger partial charge in [-0.1, -0.05) is 45.0 Å². The van der Waals surface area contributed by atoms with E-state index in [1.165, 1.54) is 15.6 Å². The number of nitrogens with one attached hydrogen (secondary N) is 2. The van der Waals surface area contributed by atoms with Crippen LogP contribution >= 0.6 is 0 Å². The lowest BCUT2D eigenvalue weighted by molar-refractivity contribution is 0.563. The van der Waals surface area contributed by atoms with Crippen LogP contribution in [0.3, 0.4) is 0 Å². The van der Waals surface area contributed by atoms with Crippen molar-refractivity contribution < 1.29 is 0 Å². The Morgan fingerprint density at radius 2 is 1.92 bits per heavy atom. The van der Waals surface area contributed by atoms with Gasteiger partial charge in [0, 0.05) is 30.9 Å². The van der Waals surface area contributed by atoms with Crippen molar-refractivity contribution >= 4 is 5.65 Å². The highest BCUT2D eigenvalue weighted by molar-refractivity contribution is 5.36. The van der Waals surface area contributed by atoms with Crippen molar-refractivity contribution in [3.63, 3.8) is 0 Å². The largest absolute Gasteiger partial charge is 0.305 e. The van der Waals surface area contributed by atoms with E-state index in [2.05, 4.69) is 67.4 Å². The van der Waals surface area contributed by atoms with Crippen molar-refractivity contribution in [3.05, 3.63) is 69.8 Å². The molecular formula is C19H24N4O. The number of hydrogen-bond acceptors (Lipinski definition) is 3. The van der Waals surface area contributed by atoms with Crippen LogP contribution < -0.4 is 10.9 Å². The van der Waals surface area contributed by atoms with E-state index >= 15 is 0 Å². The summed E-state index contributed by atoms with van der Waals surface area (Å²) in [5.41, 5.74) is 4.00. The van der Waals surface area contributed by atoms with Crippen LogP contribution in [0.5, 0.6) is 0 Å². The number of H-pyrrole nitrogens is 1. The molecule has 5 nitrogen and oxygen atoms in total. The number of rotatable bonds is 4. The van der Waals surface area contributed by atoms with Crippen LogP contribution in [-0.4, -0.2) is 14.6 Å². The molecule has 3 aromatic rings. The van der Waals surface area contributed by atoms with Gasteiger partial charge in [-0.3, -0.25) is 9.89 Å². The van der Waals surface area contributed by atoms with Crippen LogP contribution in [-0.2, 0) is 12.0 Å². The second kappa shape index (κ2) is 6.24. The lowest BCUT2D eigenvalue weighted by atomic mass is 9.86. The van der Waals surface area contributed by atoms with E-state index in [1.807, 2.05) is 0 Å². The third kappa shape index (κ3) is 3.41. The molecule has 0 spiro atoms. The van der Waals surface area contributed by atoms with Gasteiger partial charge >= 0.3 is 0 Å². The van der Waals surface area contributed by atoms with Crippen molar-refractivity contribution in [1.82, 2.24) is 19.9 Å². The Hall–Kier alpha value is -2.40. The molecule has 0 radical (unpaired) electrons. The number of benzene rings is 1. The number of aromatic nitrogens is 3. The molecule has 1 atom stereocenters. The average Bonchev–Trinajstić information content (AvgIpc) is 3.01. The number of fused-ring (bicyclic) bond motifs is 1. The zero-order valence-electron chi connectivity index (χ0n) is 14.6. The van der Waals surface area contributed by atoms with E-state index in [-0.39, 0.29) is 17.0 Å². The molecule has 2 aromatic heterocycles. The first kappa shape index (κ1) is 16.5. The van der Waals surface area contributed by atoms with Crippen molar-refractivity contribution in [2.24, 2.45) is 0 Å². The summed E-state index contributed by atoms with van der Waals surface area (Å²) in [4.78, 5) is 16.4. The van der Waals surface area contributed by atoms with Crippen LogP contribution in [0.4, 0.5) is 0 Å². The Morgan fingerprint density at radius 1 is 1.21 bits per heavy atom. The summed E-state index contributed by atoms with van der Waals surface area (Å²) in [6.07, 6.45) is 1.71. The van der Waals surface area contributed by atoms with E-state index in [0.717, 1.165) is 5.69 Å². The molecule has 0 aliphatic carbocycles. The third-order valence-electron chi connectivity index (χ3n) is 4.30. The number of hydrogen-bond donors (Lipinski definition) is 2. The Labute approximate surface area is 141 Å². The van der Waals surface area contributed by atoms with E-state index in [0.29, 0.717) is 12.2 Å². The summed E-state index contributed by atoms with van der Waals surface area (Å²) >= 11 is 0. The first-order valence-electron chi connectivity index (χ1n) is 8.24. The molecule has 0 amide bonds. The molecule has 0 aliphatic heterocycles. The highest BCUT2D eigenvalue weighted by Crippen LogP contribution is 2.23. The zero-order chi connectivity index (χ0) is 17.3. The third-order valence-corrected chi connectivity index (χ3v) is 4.30. The van der Waals surface area contributed by atoms with Gasteiger partial charge in [0.05, 0.1) is 5.69 Å². The molecule has 1 aromatic carbocycles. The molecule has 0 saturated carbocycles. The minimum absolute atomic E-state index is 0.0935. The predicted molar refractivity (Wildman–Crippen MR) is 96.2 cm³/mol. The average molecular weight is 324 g/mol. The lowest BCUT2D eigenvalue weighted by Gasteiger charge is -2.20. The molecular weight excluding hydrogens is 300 g/mol. The van der Waals surface area contributed by atoms with E-state index < -0.39 is 0 Å². The Morgan fingerprint density at radius 3 is 2.58 bits per heavy atom. The molecule has 126 valence electrons. The van der Waals surface area contributed by atoms with Gasteiger partial charge in [0.15, 0.2) is 5.65 Å². The highest BCUT2D eigenvalue weighted by atomic mass is 16.1. The fraction of sp³-hybridized carbons (Fsp3) is 0.368. The summed E-state index contributed by atoms with van der Waals surface area (Å²) in [6, 6.07) is 12.2. The van der Waals surface area contributed by atoms with E-state index in [1.54, 1.807) is 18.3 Å². The first-order valence-corrected chi connectivity index (χ1v) is 8.24. The van der Waals surface area contributed by atoms with Gasteiger partial charge in [0.2, 0.25) is 0 Å². The van der Waals surface area contributed by atoms with Crippen LogP contribution in [0.1, 0.15) is 50.6 Å². The van der Waals surface area contributed by atoms with Gasteiger partial charge < -0.3 is 5.32 Å². The van der Waals surface area contributed by atoms with Gasteiger partial charge in [-0.15, -0.1) is 0 Å². The zero-order valence-corrected chi connectivity index (χ0v) is 14.6. The number of aromatic amines is 1. The molecule has 3 rings (SSSR count). The molecule has 0 saturated heterocycles. The Balaban J connectivity index is 1.70. The second-order valence-electron chi connectivity index (χ2n) is 7.22. The molecule has 0 bridgehead atoms. The minimum atomic E-state index is -0.0935. The maximum atomic E-state index is 12.0. The highest BCUT2D eigenvalue weighted by Gasteiger charge is 2.14. The fourth-order valence-corrected chi connectivity index (χ4v) is 2.72. The van der Waals surface area contributed by atoms with E-state index in [9.17, 15) is 4.79 Å². The van der Waals surface area contributed by atoms with Crippen LogP contribution in [0.2, 0.25) is 0 Å². The summed E-state index contributed by atoms with van der Waals surface area (Å²) in [5.74, 6) is 0. The van der Waals surface area contributed by atoms with Gasteiger partial charge in [-0.05, 0) is 23.5 Å². The predicted octanol–water partition coefficient (Wildman–Crippen LogP) is 3.17. The first-order chi connectivity index (χ1) is 11.3. The lowest BCUT2D eigenvalue weighted by Crippen LogP contribution is -2.22. The molecule has 1 unspecified atom stereocenters. The Bertz CT molecular complexity index is 884. The van der Waals surface area contributed by atoms with Crippen molar-refractivity contribution in [2.75, 3.05) is 0 Å². The SMILES string of the molecule is CC(NCc1cc(=O)n2[nH]ccc2n1)c1ccc(C(C)(C)C)cc1. The molecule has 2 N–H and O–H groups in total. The Kier molecular flexibility index (Phi) is 4.28. The topological polar surface area (TPSA) is 62.2 Å². The second-order valence-corrected chi connectivity index (χ2v) is 7.22. The van der Waals surface area contributed by atoms with Crippen molar-refractivity contribution in [3.8, 4) is 0 Å². The summed E-state index contributed by atoms with van der Waals surface area (Å²) in [6.45, 7) is 9.31. The van der Waals surface area contributed by atoms with Gasteiger partial charge in [-0.2, -0.15) is 0 Å². The van der Waals surface area contributed by atoms with Gasteiger partial charge in [0.1, 0.15) is 0 Å².